The maximum absolute atomic E-state index is 13.6. The standard InChI is InChI=1S/C33H38FN3O4S/c1-24-6-5-7-25(22-24)23-37(33(39)27-10-12-28(34)13-11-27)30-16-14-29(15-17-30)35-32(38)26-18-20-36(21-19-26)42(40,41)31-8-3-2-4-9-31/h2-13,22,26,29-30H,14-21,23H2,1H3,(H,35,38). The summed E-state index contributed by atoms with van der Waals surface area (Å²) in [4.78, 5) is 28.9. The van der Waals surface area contributed by atoms with Crippen LogP contribution in [0, 0.1) is 18.7 Å². The highest BCUT2D eigenvalue weighted by Crippen LogP contribution is 2.28. The Morgan fingerprint density at radius 1 is 0.881 bits per heavy atom. The first-order valence-electron chi connectivity index (χ1n) is 14.7. The molecule has 3 aromatic carbocycles. The number of piperidine rings is 1. The van der Waals surface area contributed by atoms with Crippen LogP contribution in [-0.4, -0.2) is 54.6 Å². The molecule has 0 aromatic heterocycles. The molecule has 1 saturated carbocycles. The summed E-state index contributed by atoms with van der Waals surface area (Å²) in [7, 11) is -3.56. The minimum absolute atomic E-state index is 0.00245. The maximum atomic E-state index is 13.6. The molecule has 1 saturated heterocycles. The number of amides is 2. The van der Waals surface area contributed by atoms with Gasteiger partial charge < -0.3 is 10.2 Å². The summed E-state index contributed by atoms with van der Waals surface area (Å²) in [5.41, 5.74) is 2.62. The van der Waals surface area contributed by atoms with Gasteiger partial charge in [-0.25, -0.2) is 12.8 Å². The summed E-state index contributed by atoms with van der Waals surface area (Å²) in [6, 6.07) is 22.2. The van der Waals surface area contributed by atoms with Crippen LogP contribution in [0.25, 0.3) is 0 Å². The number of sulfonamides is 1. The molecule has 0 bridgehead atoms. The van der Waals surface area contributed by atoms with Crippen LogP contribution in [-0.2, 0) is 21.4 Å². The molecule has 9 heteroatoms. The van der Waals surface area contributed by atoms with Crippen molar-refractivity contribution in [2.75, 3.05) is 13.1 Å². The molecule has 0 spiro atoms. The second-order valence-electron chi connectivity index (χ2n) is 11.4. The number of aryl methyl sites for hydroxylation is 1. The van der Waals surface area contributed by atoms with Gasteiger partial charge in [-0.2, -0.15) is 4.31 Å². The Balaban J connectivity index is 1.17. The maximum Gasteiger partial charge on any atom is 0.254 e. The zero-order chi connectivity index (χ0) is 29.7. The van der Waals surface area contributed by atoms with Gasteiger partial charge in [0, 0.05) is 43.2 Å². The van der Waals surface area contributed by atoms with Crippen molar-refractivity contribution in [1.82, 2.24) is 14.5 Å². The predicted molar refractivity (Wildman–Crippen MR) is 160 cm³/mol. The van der Waals surface area contributed by atoms with E-state index in [0.29, 0.717) is 38.0 Å². The fourth-order valence-corrected chi connectivity index (χ4v) is 7.57. The summed E-state index contributed by atoms with van der Waals surface area (Å²) in [5, 5.41) is 3.21. The van der Waals surface area contributed by atoms with Gasteiger partial charge in [-0.05, 0) is 87.4 Å². The molecule has 1 aliphatic carbocycles. The van der Waals surface area contributed by atoms with Crippen LogP contribution in [0.5, 0.6) is 0 Å². The lowest BCUT2D eigenvalue weighted by Gasteiger charge is -2.38. The van der Waals surface area contributed by atoms with Crippen LogP contribution >= 0.6 is 0 Å². The second kappa shape index (κ2) is 13.2. The van der Waals surface area contributed by atoms with E-state index in [1.54, 1.807) is 30.3 Å². The number of carbonyl (C=O) groups excluding carboxylic acids is 2. The van der Waals surface area contributed by atoms with E-state index >= 15 is 0 Å². The SMILES string of the molecule is Cc1cccc(CN(C(=O)c2ccc(F)cc2)C2CCC(NC(=O)C3CCN(S(=O)(=O)c4ccccc4)CC3)CC2)c1. The van der Waals surface area contributed by atoms with Gasteiger partial charge >= 0.3 is 0 Å². The third-order valence-corrected chi connectivity index (χ3v) is 10.4. The van der Waals surface area contributed by atoms with Crippen molar-refractivity contribution >= 4 is 21.8 Å². The van der Waals surface area contributed by atoms with Crippen LogP contribution in [0.15, 0.2) is 83.8 Å². The minimum Gasteiger partial charge on any atom is -0.353 e. The zero-order valence-electron chi connectivity index (χ0n) is 23.9. The zero-order valence-corrected chi connectivity index (χ0v) is 24.7. The predicted octanol–water partition coefficient (Wildman–Crippen LogP) is 5.30. The molecule has 5 rings (SSSR count). The van der Waals surface area contributed by atoms with E-state index in [2.05, 4.69) is 11.4 Å². The molecule has 0 atom stereocenters. The lowest BCUT2D eigenvalue weighted by Crippen LogP contribution is -2.48. The molecular weight excluding hydrogens is 553 g/mol. The van der Waals surface area contributed by atoms with Gasteiger partial charge in [0.05, 0.1) is 4.90 Å². The van der Waals surface area contributed by atoms with Gasteiger partial charge in [-0.1, -0.05) is 48.0 Å². The highest BCUT2D eigenvalue weighted by Gasteiger charge is 2.34. The summed E-state index contributed by atoms with van der Waals surface area (Å²) in [5.74, 6) is -0.741. The Kier molecular flexibility index (Phi) is 9.38. The van der Waals surface area contributed by atoms with Gasteiger partial charge in [-0.3, -0.25) is 9.59 Å². The number of hydrogen-bond donors (Lipinski definition) is 1. The van der Waals surface area contributed by atoms with Crippen molar-refractivity contribution in [2.24, 2.45) is 5.92 Å². The number of rotatable bonds is 8. The van der Waals surface area contributed by atoms with Crippen molar-refractivity contribution < 1.29 is 22.4 Å². The topological polar surface area (TPSA) is 86.8 Å². The number of carbonyl (C=O) groups is 2. The van der Waals surface area contributed by atoms with Gasteiger partial charge in [0.1, 0.15) is 5.82 Å². The van der Waals surface area contributed by atoms with E-state index < -0.39 is 10.0 Å². The Morgan fingerprint density at radius 3 is 2.19 bits per heavy atom. The minimum atomic E-state index is -3.56. The second-order valence-corrected chi connectivity index (χ2v) is 13.4. The number of nitrogens with zero attached hydrogens (tertiary/aromatic N) is 2. The van der Waals surface area contributed by atoms with Crippen molar-refractivity contribution in [2.45, 2.75) is 69.0 Å². The van der Waals surface area contributed by atoms with Crippen LogP contribution in [0.2, 0.25) is 0 Å². The van der Waals surface area contributed by atoms with Gasteiger partial charge in [0.2, 0.25) is 15.9 Å². The van der Waals surface area contributed by atoms with Crippen molar-refractivity contribution in [3.63, 3.8) is 0 Å². The van der Waals surface area contributed by atoms with Crippen LogP contribution in [0.4, 0.5) is 4.39 Å². The molecule has 2 aliphatic rings. The van der Waals surface area contributed by atoms with Crippen molar-refractivity contribution in [3.05, 3.63) is 101 Å². The van der Waals surface area contributed by atoms with Crippen molar-refractivity contribution in [3.8, 4) is 0 Å². The Hall–Kier alpha value is -3.56. The Morgan fingerprint density at radius 2 is 1.55 bits per heavy atom. The first-order chi connectivity index (χ1) is 20.2. The Bertz CT molecular complexity index is 1480. The largest absolute Gasteiger partial charge is 0.353 e. The average molecular weight is 592 g/mol. The van der Waals surface area contributed by atoms with E-state index in [9.17, 15) is 22.4 Å². The average Bonchev–Trinajstić information content (AvgIpc) is 3.01. The molecule has 0 unspecified atom stereocenters. The summed E-state index contributed by atoms with van der Waals surface area (Å²) >= 11 is 0. The summed E-state index contributed by atoms with van der Waals surface area (Å²) < 4.78 is 40.9. The molecule has 3 aromatic rings. The molecule has 2 fully saturated rings. The third kappa shape index (κ3) is 7.07. The first kappa shape index (κ1) is 29.9. The molecule has 7 nitrogen and oxygen atoms in total. The van der Waals surface area contributed by atoms with E-state index in [4.69, 9.17) is 0 Å². The third-order valence-electron chi connectivity index (χ3n) is 8.48. The van der Waals surface area contributed by atoms with Gasteiger partial charge in [0.15, 0.2) is 0 Å². The molecule has 0 radical (unpaired) electrons. The molecule has 1 N–H and O–H groups in total. The van der Waals surface area contributed by atoms with Gasteiger partial charge in [0.25, 0.3) is 5.91 Å². The normalized spacial score (nSPS) is 20.1. The Labute approximate surface area is 247 Å². The highest BCUT2D eigenvalue weighted by molar-refractivity contribution is 7.89. The number of halogens is 1. The van der Waals surface area contributed by atoms with Crippen LogP contribution < -0.4 is 5.32 Å². The molecule has 222 valence electrons. The highest BCUT2D eigenvalue weighted by atomic mass is 32.2. The molecule has 2 amide bonds. The van der Waals surface area contributed by atoms with E-state index in [1.165, 1.54) is 28.6 Å². The number of nitrogens with one attached hydrogen (secondary N) is 1. The van der Waals surface area contributed by atoms with Crippen LogP contribution in [0.3, 0.4) is 0 Å². The quantitative estimate of drug-likeness (QED) is 0.385. The van der Waals surface area contributed by atoms with E-state index in [1.807, 2.05) is 30.0 Å². The molecule has 1 heterocycles. The lowest BCUT2D eigenvalue weighted by molar-refractivity contribution is -0.127. The van der Waals surface area contributed by atoms with Crippen LogP contribution in [0.1, 0.15) is 60.0 Å². The fourth-order valence-electron chi connectivity index (χ4n) is 6.08. The lowest BCUT2D eigenvalue weighted by atomic mass is 9.88. The smallest absolute Gasteiger partial charge is 0.254 e. The molecule has 42 heavy (non-hydrogen) atoms. The molecule has 1 aliphatic heterocycles. The van der Waals surface area contributed by atoms with Crippen molar-refractivity contribution in [1.29, 1.82) is 0 Å². The molecular formula is C33H38FN3O4S. The summed E-state index contributed by atoms with van der Waals surface area (Å²) in [6.45, 7) is 3.13. The number of hydrogen-bond acceptors (Lipinski definition) is 4. The summed E-state index contributed by atoms with van der Waals surface area (Å²) in [6.07, 6.45) is 3.97. The van der Waals surface area contributed by atoms with E-state index in [0.717, 1.165) is 36.8 Å². The first-order valence-corrected chi connectivity index (χ1v) is 16.1. The fraction of sp³-hybridized carbons (Fsp3) is 0.394. The number of benzene rings is 3. The van der Waals surface area contributed by atoms with E-state index in [-0.39, 0.29) is 40.5 Å². The van der Waals surface area contributed by atoms with Gasteiger partial charge in [-0.15, -0.1) is 0 Å². The monoisotopic (exact) mass is 591 g/mol.